The van der Waals surface area contributed by atoms with Crippen molar-refractivity contribution < 1.29 is 14.0 Å². The van der Waals surface area contributed by atoms with Crippen molar-refractivity contribution in [2.24, 2.45) is 0 Å². The van der Waals surface area contributed by atoms with E-state index in [-0.39, 0.29) is 18.1 Å². The van der Waals surface area contributed by atoms with Crippen molar-refractivity contribution in [2.45, 2.75) is 6.42 Å². The van der Waals surface area contributed by atoms with Crippen molar-refractivity contribution in [1.82, 2.24) is 5.32 Å². The molecule has 5 nitrogen and oxygen atoms in total. The van der Waals surface area contributed by atoms with Gasteiger partial charge in [0, 0.05) is 29.9 Å². The Balaban J connectivity index is 1.88. The Morgan fingerprint density at radius 1 is 1.09 bits per heavy atom. The topological polar surface area (TPSA) is 75.4 Å². The molecular weight excluding hydrogens is 285 g/mol. The number of hydrogen-bond donors (Lipinski definition) is 2. The molecule has 2 aromatic carbocycles. The zero-order chi connectivity index (χ0) is 15.7. The van der Waals surface area contributed by atoms with E-state index in [9.17, 15) is 14.0 Å². The van der Waals surface area contributed by atoms with Gasteiger partial charge in [-0.15, -0.1) is 0 Å². The lowest BCUT2D eigenvalue weighted by Crippen LogP contribution is -2.49. The summed E-state index contributed by atoms with van der Waals surface area (Å²) in [6.07, 6.45) is 0.261. The number of urea groups is 1. The van der Waals surface area contributed by atoms with Gasteiger partial charge in [0.2, 0.25) is 5.91 Å². The fourth-order valence-corrected chi connectivity index (χ4v) is 2.40. The van der Waals surface area contributed by atoms with Gasteiger partial charge in [-0.3, -0.25) is 15.0 Å². The van der Waals surface area contributed by atoms with Crippen LogP contribution in [0.25, 0.3) is 11.1 Å². The summed E-state index contributed by atoms with van der Waals surface area (Å²) in [6, 6.07) is 10.8. The van der Waals surface area contributed by atoms with Crippen LogP contribution in [0.2, 0.25) is 0 Å². The lowest BCUT2D eigenvalue weighted by atomic mass is 10.0. The Kier molecular flexibility index (Phi) is 3.50. The number of imide groups is 1. The smallest absolute Gasteiger partial charge is 0.328 e. The van der Waals surface area contributed by atoms with Gasteiger partial charge in [-0.05, 0) is 35.9 Å². The van der Waals surface area contributed by atoms with Crippen LogP contribution in [0.4, 0.5) is 20.6 Å². The zero-order valence-electron chi connectivity index (χ0n) is 11.7. The van der Waals surface area contributed by atoms with Crippen LogP contribution in [0.15, 0.2) is 42.5 Å². The molecule has 3 amide bonds. The van der Waals surface area contributed by atoms with Crippen LogP contribution in [0.3, 0.4) is 0 Å². The summed E-state index contributed by atoms with van der Waals surface area (Å²) in [5.74, 6) is -0.636. The molecule has 0 bridgehead atoms. The van der Waals surface area contributed by atoms with Crippen LogP contribution in [0.1, 0.15) is 6.42 Å². The van der Waals surface area contributed by atoms with Gasteiger partial charge in [-0.2, -0.15) is 0 Å². The molecule has 0 saturated carbocycles. The minimum atomic E-state index is -0.445. The number of halogens is 1. The maximum absolute atomic E-state index is 13.8. The van der Waals surface area contributed by atoms with Gasteiger partial charge in [0.1, 0.15) is 5.82 Å². The standard InChI is InChI=1S/C16H14FN3O2/c17-14-6-3-11(18)9-13(14)10-1-4-12(5-2-10)20-8-7-15(21)19-16(20)22/h1-6,9H,7-8,18H2,(H,19,21,22). The summed E-state index contributed by atoms with van der Waals surface area (Å²) < 4.78 is 13.8. The number of carbonyl (C=O) groups is 2. The molecule has 0 aromatic heterocycles. The van der Waals surface area contributed by atoms with E-state index in [4.69, 9.17) is 5.73 Å². The van der Waals surface area contributed by atoms with Crippen LogP contribution < -0.4 is 16.0 Å². The number of benzene rings is 2. The summed E-state index contributed by atoms with van der Waals surface area (Å²) in [5, 5.41) is 2.26. The van der Waals surface area contributed by atoms with E-state index in [0.29, 0.717) is 29.0 Å². The van der Waals surface area contributed by atoms with Crippen molar-refractivity contribution in [3.8, 4) is 11.1 Å². The highest BCUT2D eigenvalue weighted by molar-refractivity contribution is 6.05. The van der Waals surface area contributed by atoms with Crippen LogP contribution in [-0.4, -0.2) is 18.5 Å². The van der Waals surface area contributed by atoms with Gasteiger partial charge < -0.3 is 5.73 Å². The second kappa shape index (κ2) is 5.48. The molecule has 1 saturated heterocycles. The number of hydrogen-bond acceptors (Lipinski definition) is 3. The normalized spacial score (nSPS) is 14.9. The molecule has 1 fully saturated rings. The van der Waals surface area contributed by atoms with E-state index in [1.54, 1.807) is 30.3 Å². The van der Waals surface area contributed by atoms with Crippen molar-refractivity contribution in [2.75, 3.05) is 17.2 Å². The quantitative estimate of drug-likeness (QED) is 0.837. The monoisotopic (exact) mass is 299 g/mol. The number of nitrogens with zero attached hydrogens (tertiary/aromatic N) is 1. The highest BCUT2D eigenvalue weighted by Gasteiger charge is 2.24. The maximum Gasteiger partial charge on any atom is 0.328 e. The largest absolute Gasteiger partial charge is 0.399 e. The van der Waals surface area contributed by atoms with E-state index in [1.807, 2.05) is 0 Å². The average Bonchev–Trinajstić information content (AvgIpc) is 2.50. The molecule has 1 heterocycles. The van der Waals surface area contributed by atoms with Crippen molar-refractivity contribution in [3.63, 3.8) is 0 Å². The zero-order valence-corrected chi connectivity index (χ0v) is 11.7. The SMILES string of the molecule is Nc1ccc(F)c(-c2ccc(N3CCC(=O)NC3=O)cc2)c1. The molecule has 0 aliphatic carbocycles. The molecule has 3 rings (SSSR count). The molecule has 0 unspecified atom stereocenters. The number of anilines is 2. The Hall–Kier alpha value is -2.89. The number of nitrogens with two attached hydrogens (primary N) is 1. The summed E-state index contributed by atoms with van der Waals surface area (Å²) in [7, 11) is 0. The second-order valence-corrected chi connectivity index (χ2v) is 5.04. The first-order valence-electron chi connectivity index (χ1n) is 6.81. The molecule has 1 aliphatic heterocycles. The first-order chi connectivity index (χ1) is 10.5. The Morgan fingerprint density at radius 2 is 1.82 bits per heavy atom. The Morgan fingerprint density at radius 3 is 2.50 bits per heavy atom. The average molecular weight is 299 g/mol. The minimum Gasteiger partial charge on any atom is -0.399 e. The molecule has 1 aliphatic rings. The van der Waals surface area contributed by atoms with Crippen molar-refractivity contribution >= 4 is 23.3 Å². The van der Waals surface area contributed by atoms with Crippen LogP contribution >= 0.6 is 0 Å². The van der Waals surface area contributed by atoms with E-state index in [1.165, 1.54) is 17.0 Å². The van der Waals surface area contributed by atoms with E-state index < -0.39 is 6.03 Å². The lowest BCUT2D eigenvalue weighted by Gasteiger charge is -2.26. The lowest BCUT2D eigenvalue weighted by molar-refractivity contribution is -0.120. The van der Waals surface area contributed by atoms with E-state index >= 15 is 0 Å². The molecule has 0 spiro atoms. The third kappa shape index (κ3) is 2.63. The van der Waals surface area contributed by atoms with Crippen molar-refractivity contribution in [3.05, 3.63) is 48.3 Å². The van der Waals surface area contributed by atoms with Crippen LogP contribution in [-0.2, 0) is 4.79 Å². The molecule has 0 atom stereocenters. The van der Waals surface area contributed by atoms with Gasteiger partial charge in [-0.25, -0.2) is 9.18 Å². The molecule has 0 radical (unpaired) electrons. The number of carbonyl (C=O) groups excluding carboxylic acids is 2. The molecule has 3 N–H and O–H groups in total. The second-order valence-electron chi connectivity index (χ2n) is 5.04. The highest BCUT2D eigenvalue weighted by Crippen LogP contribution is 2.27. The number of nitrogen functional groups attached to an aromatic ring is 1. The van der Waals surface area contributed by atoms with Gasteiger partial charge in [-0.1, -0.05) is 12.1 Å². The van der Waals surface area contributed by atoms with Gasteiger partial charge in [0.25, 0.3) is 0 Å². The van der Waals surface area contributed by atoms with Gasteiger partial charge in [0.15, 0.2) is 0 Å². The summed E-state index contributed by atoms with van der Waals surface area (Å²) in [6.45, 7) is 0.330. The fourth-order valence-electron chi connectivity index (χ4n) is 2.40. The molecule has 2 aromatic rings. The first kappa shape index (κ1) is 14.1. The molecule has 22 heavy (non-hydrogen) atoms. The van der Waals surface area contributed by atoms with E-state index in [0.717, 1.165) is 0 Å². The minimum absolute atomic E-state index is 0.261. The summed E-state index contributed by atoms with van der Waals surface area (Å²) in [5.41, 5.74) is 7.89. The van der Waals surface area contributed by atoms with Gasteiger partial charge >= 0.3 is 6.03 Å². The number of nitrogens with one attached hydrogen (secondary N) is 1. The van der Waals surface area contributed by atoms with Crippen molar-refractivity contribution in [1.29, 1.82) is 0 Å². The molecule has 112 valence electrons. The number of rotatable bonds is 2. The van der Waals surface area contributed by atoms with E-state index in [2.05, 4.69) is 5.32 Å². The highest BCUT2D eigenvalue weighted by atomic mass is 19.1. The predicted octanol–water partition coefficient (Wildman–Crippen LogP) is 2.52. The Bertz CT molecular complexity index is 744. The first-order valence-corrected chi connectivity index (χ1v) is 6.81. The van der Waals surface area contributed by atoms with Gasteiger partial charge in [0.05, 0.1) is 0 Å². The predicted molar refractivity (Wildman–Crippen MR) is 81.8 cm³/mol. The van der Waals surface area contributed by atoms with Crippen LogP contribution in [0.5, 0.6) is 0 Å². The number of amides is 3. The fraction of sp³-hybridized carbons (Fsp3) is 0.125. The summed E-state index contributed by atoms with van der Waals surface area (Å²) in [4.78, 5) is 24.4. The molecule has 6 heteroatoms. The maximum atomic E-state index is 13.8. The van der Waals surface area contributed by atoms with Crippen LogP contribution in [0, 0.1) is 5.82 Å². The summed E-state index contributed by atoms with van der Waals surface area (Å²) >= 11 is 0. The Labute approximate surface area is 126 Å². The third-order valence-electron chi connectivity index (χ3n) is 3.53. The molecular formula is C16H14FN3O2. The third-order valence-corrected chi connectivity index (χ3v) is 3.53.